The molecule has 0 aliphatic heterocycles. The van der Waals surface area contributed by atoms with Crippen LogP contribution in [0.2, 0.25) is 0 Å². The van der Waals surface area contributed by atoms with Crippen LogP contribution in [0.1, 0.15) is 51.2 Å². The molecule has 108 valence electrons. The van der Waals surface area contributed by atoms with Crippen molar-refractivity contribution in [2.24, 2.45) is 0 Å². The minimum atomic E-state index is -0.174. The molecule has 0 aliphatic carbocycles. The summed E-state index contributed by atoms with van der Waals surface area (Å²) in [5, 5.41) is 0. The third-order valence-electron chi connectivity index (χ3n) is 2.96. The van der Waals surface area contributed by atoms with Crippen LogP contribution in [-0.4, -0.2) is 13.7 Å². The Morgan fingerprint density at radius 2 is 1.89 bits per heavy atom. The molecule has 0 radical (unpaired) electrons. The van der Waals surface area contributed by atoms with Crippen LogP contribution in [0.5, 0.6) is 5.75 Å². The van der Waals surface area contributed by atoms with Crippen LogP contribution in [0.4, 0.5) is 0 Å². The lowest BCUT2D eigenvalue weighted by Gasteiger charge is -2.04. The molecule has 0 aromatic carbocycles. The van der Waals surface area contributed by atoms with E-state index in [-0.39, 0.29) is 11.2 Å². The molecule has 0 spiro atoms. The summed E-state index contributed by atoms with van der Waals surface area (Å²) in [4.78, 5) is 11.5. The van der Waals surface area contributed by atoms with Crippen molar-refractivity contribution >= 4 is 0 Å². The van der Waals surface area contributed by atoms with Crippen LogP contribution in [0.25, 0.3) is 0 Å². The summed E-state index contributed by atoms with van der Waals surface area (Å²) in [5.41, 5.74) is -0.174. The topological polar surface area (TPSA) is 48.7 Å². The molecular formula is C15H24O4. The van der Waals surface area contributed by atoms with Gasteiger partial charge in [0.25, 0.3) is 0 Å². The Hall–Kier alpha value is -1.29. The van der Waals surface area contributed by atoms with E-state index in [9.17, 15) is 4.79 Å². The van der Waals surface area contributed by atoms with Gasteiger partial charge in [0.1, 0.15) is 18.6 Å². The first kappa shape index (κ1) is 15.8. The van der Waals surface area contributed by atoms with Crippen LogP contribution in [0.15, 0.2) is 21.5 Å². The molecule has 4 nitrogen and oxygen atoms in total. The summed E-state index contributed by atoms with van der Waals surface area (Å²) in [7, 11) is 1.45. The zero-order valence-corrected chi connectivity index (χ0v) is 11.9. The van der Waals surface area contributed by atoms with Crippen molar-refractivity contribution in [3.05, 3.63) is 28.3 Å². The number of methoxy groups -OCH3 is 1. The van der Waals surface area contributed by atoms with Gasteiger partial charge in [0, 0.05) is 12.7 Å². The zero-order chi connectivity index (χ0) is 13.9. The molecular weight excluding hydrogens is 244 g/mol. The third-order valence-corrected chi connectivity index (χ3v) is 2.96. The molecule has 1 aromatic rings. The monoisotopic (exact) mass is 268 g/mol. The Balaban J connectivity index is 2.12. The van der Waals surface area contributed by atoms with E-state index in [1.165, 1.54) is 51.5 Å². The highest BCUT2D eigenvalue weighted by Gasteiger charge is 2.03. The van der Waals surface area contributed by atoms with Gasteiger partial charge in [-0.2, -0.15) is 0 Å². The van der Waals surface area contributed by atoms with E-state index in [1.807, 2.05) is 0 Å². The molecule has 0 unspecified atom stereocenters. The molecule has 0 N–H and O–H groups in total. The van der Waals surface area contributed by atoms with Crippen LogP contribution < -0.4 is 10.2 Å². The molecule has 0 aliphatic rings. The molecule has 1 heterocycles. The van der Waals surface area contributed by atoms with Gasteiger partial charge in [-0.05, 0) is 6.42 Å². The van der Waals surface area contributed by atoms with Crippen LogP contribution in [-0.2, 0) is 11.3 Å². The minimum absolute atomic E-state index is 0.174. The molecule has 4 heteroatoms. The Morgan fingerprint density at radius 3 is 2.58 bits per heavy atom. The van der Waals surface area contributed by atoms with Crippen molar-refractivity contribution in [2.45, 2.75) is 52.1 Å². The number of hydrogen-bond acceptors (Lipinski definition) is 4. The van der Waals surface area contributed by atoms with Crippen molar-refractivity contribution in [3.63, 3.8) is 0 Å². The fourth-order valence-corrected chi connectivity index (χ4v) is 1.82. The van der Waals surface area contributed by atoms with Crippen molar-refractivity contribution in [2.75, 3.05) is 13.7 Å². The van der Waals surface area contributed by atoms with Gasteiger partial charge in [0.2, 0.25) is 11.2 Å². The molecule has 0 saturated carbocycles. The van der Waals surface area contributed by atoms with Crippen LogP contribution in [0, 0.1) is 0 Å². The normalized spacial score (nSPS) is 10.6. The number of hydrogen-bond donors (Lipinski definition) is 0. The van der Waals surface area contributed by atoms with Crippen molar-refractivity contribution in [1.82, 2.24) is 0 Å². The van der Waals surface area contributed by atoms with Gasteiger partial charge < -0.3 is 13.9 Å². The first-order chi connectivity index (χ1) is 9.27. The quantitative estimate of drug-likeness (QED) is 0.609. The summed E-state index contributed by atoms with van der Waals surface area (Å²) in [5.74, 6) is 0.761. The summed E-state index contributed by atoms with van der Waals surface area (Å²) < 4.78 is 15.6. The van der Waals surface area contributed by atoms with Crippen molar-refractivity contribution < 1.29 is 13.9 Å². The maximum atomic E-state index is 11.5. The van der Waals surface area contributed by atoms with Gasteiger partial charge in [0.15, 0.2) is 0 Å². The van der Waals surface area contributed by atoms with Crippen molar-refractivity contribution in [1.29, 1.82) is 0 Å². The Kier molecular flexibility index (Phi) is 7.98. The molecule has 0 fully saturated rings. The predicted molar refractivity (Wildman–Crippen MR) is 74.6 cm³/mol. The summed E-state index contributed by atoms with van der Waals surface area (Å²) in [6, 6.07) is 1.42. The summed E-state index contributed by atoms with van der Waals surface area (Å²) in [6.07, 6.45) is 8.76. The van der Waals surface area contributed by atoms with Gasteiger partial charge in [-0.15, -0.1) is 0 Å². The Bertz CT molecular complexity index is 397. The van der Waals surface area contributed by atoms with Crippen LogP contribution in [0.3, 0.4) is 0 Å². The molecule has 0 amide bonds. The second-order valence-electron chi connectivity index (χ2n) is 4.60. The highest BCUT2D eigenvalue weighted by molar-refractivity contribution is 5.16. The lowest BCUT2D eigenvalue weighted by atomic mass is 10.1. The maximum Gasteiger partial charge on any atom is 0.227 e. The van der Waals surface area contributed by atoms with Gasteiger partial charge in [-0.3, -0.25) is 4.79 Å². The fraction of sp³-hybridized carbons (Fsp3) is 0.667. The molecule has 1 aromatic heterocycles. The smallest absolute Gasteiger partial charge is 0.227 e. The molecule has 0 atom stereocenters. The first-order valence-electron chi connectivity index (χ1n) is 7.01. The SMILES string of the molecule is CCCCCCCCOCc1cc(=O)c(OC)co1. The van der Waals surface area contributed by atoms with Gasteiger partial charge in [0.05, 0.1) is 7.11 Å². The average molecular weight is 268 g/mol. The first-order valence-corrected chi connectivity index (χ1v) is 7.01. The van der Waals surface area contributed by atoms with E-state index in [0.29, 0.717) is 19.0 Å². The maximum absolute atomic E-state index is 11.5. The lowest BCUT2D eigenvalue weighted by molar-refractivity contribution is 0.101. The van der Waals surface area contributed by atoms with Gasteiger partial charge >= 0.3 is 0 Å². The van der Waals surface area contributed by atoms with Gasteiger partial charge in [-0.25, -0.2) is 0 Å². The highest BCUT2D eigenvalue weighted by atomic mass is 16.5. The van der Waals surface area contributed by atoms with E-state index in [1.54, 1.807) is 0 Å². The third kappa shape index (κ3) is 6.43. The lowest BCUT2D eigenvalue weighted by Crippen LogP contribution is -2.06. The zero-order valence-electron chi connectivity index (χ0n) is 11.9. The molecule has 1 rings (SSSR count). The predicted octanol–water partition coefficient (Wildman–Crippen LogP) is 3.53. The Morgan fingerprint density at radius 1 is 1.16 bits per heavy atom. The average Bonchev–Trinajstić information content (AvgIpc) is 2.42. The van der Waals surface area contributed by atoms with Gasteiger partial charge in [-0.1, -0.05) is 39.0 Å². The number of rotatable bonds is 10. The fourth-order valence-electron chi connectivity index (χ4n) is 1.82. The standard InChI is InChI=1S/C15H24O4/c1-3-4-5-6-7-8-9-18-11-13-10-14(16)15(17-2)12-19-13/h10,12H,3-9,11H2,1-2H3. The molecule has 19 heavy (non-hydrogen) atoms. The van der Waals surface area contributed by atoms with E-state index in [4.69, 9.17) is 13.9 Å². The van der Waals surface area contributed by atoms with E-state index in [2.05, 4.69) is 6.92 Å². The minimum Gasteiger partial charge on any atom is -0.490 e. The highest BCUT2D eigenvalue weighted by Crippen LogP contribution is 2.08. The molecule has 0 bridgehead atoms. The summed E-state index contributed by atoms with van der Waals surface area (Å²) >= 11 is 0. The number of unbranched alkanes of at least 4 members (excludes halogenated alkanes) is 5. The van der Waals surface area contributed by atoms with Crippen LogP contribution >= 0.6 is 0 Å². The van der Waals surface area contributed by atoms with E-state index >= 15 is 0 Å². The van der Waals surface area contributed by atoms with E-state index in [0.717, 1.165) is 6.42 Å². The largest absolute Gasteiger partial charge is 0.490 e. The Labute approximate surface area is 114 Å². The van der Waals surface area contributed by atoms with E-state index < -0.39 is 0 Å². The molecule has 0 saturated heterocycles. The number of ether oxygens (including phenoxy) is 2. The summed E-state index contributed by atoms with van der Waals surface area (Å²) in [6.45, 7) is 3.27. The second-order valence-corrected chi connectivity index (χ2v) is 4.60. The second kappa shape index (κ2) is 9.62. The van der Waals surface area contributed by atoms with Crippen molar-refractivity contribution in [3.8, 4) is 5.75 Å².